The van der Waals surface area contributed by atoms with Crippen LogP contribution in [0.4, 0.5) is 5.82 Å². The highest BCUT2D eigenvalue weighted by Gasteiger charge is 2.28. The highest BCUT2D eigenvalue weighted by Crippen LogP contribution is 2.37. The van der Waals surface area contributed by atoms with E-state index in [0.717, 1.165) is 17.7 Å². The number of rotatable bonds is 3. The van der Waals surface area contributed by atoms with E-state index in [-0.39, 0.29) is 5.69 Å². The van der Waals surface area contributed by atoms with Crippen molar-refractivity contribution in [1.82, 2.24) is 19.7 Å². The second-order valence-electron chi connectivity index (χ2n) is 3.93. The SMILES string of the molecule is Nc1cc(Sc2n[nH]c(=O)n2C2CC2)ccn1. The lowest BCUT2D eigenvalue weighted by Gasteiger charge is -2.03. The molecule has 1 aliphatic rings. The maximum atomic E-state index is 11.6. The van der Waals surface area contributed by atoms with Gasteiger partial charge in [0.15, 0.2) is 5.16 Å². The van der Waals surface area contributed by atoms with E-state index < -0.39 is 0 Å². The van der Waals surface area contributed by atoms with Gasteiger partial charge in [-0.1, -0.05) is 0 Å². The maximum absolute atomic E-state index is 11.6. The minimum absolute atomic E-state index is 0.142. The van der Waals surface area contributed by atoms with E-state index in [0.29, 0.717) is 17.0 Å². The molecule has 17 heavy (non-hydrogen) atoms. The monoisotopic (exact) mass is 249 g/mol. The average molecular weight is 249 g/mol. The van der Waals surface area contributed by atoms with Crippen LogP contribution in [0.5, 0.6) is 0 Å². The van der Waals surface area contributed by atoms with Crippen LogP contribution >= 0.6 is 11.8 Å². The van der Waals surface area contributed by atoms with Crippen molar-refractivity contribution in [3.8, 4) is 0 Å². The Morgan fingerprint density at radius 3 is 3.06 bits per heavy atom. The summed E-state index contributed by atoms with van der Waals surface area (Å²) in [5, 5.41) is 7.20. The quantitative estimate of drug-likeness (QED) is 0.848. The van der Waals surface area contributed by atoms with Gasteiger partial charge in [-0.05, 0) is 36.7 Å². The van der Waals surface area contributed by atoms with Crippen LogP contribution in [0.3, 0.4) is 0 Å². The summed E-state index contributed by atoms with van der Waals surface area (Å²) in [6.45, 7) is 0. The van der Waals surface area contributed by atoms with Crippen molar-refractivity contribution in [3.05, 3.63) is 28.8 Å². The molecule has 0 spiro atoms. The van der Waals surface area contributed by atoms with Crippen LogP contribution in [0.25, 0.3) is 0 Å². The van der Waals surface area contributed by atoms with Crippen LogP contribution in [0, 0.1) is 0 Å². The largest absolute Gasteiger partial charge is 0.384 e. The van der Waals surface area contributed by atoms with Gasteiger partial charge in [0.25, 0.3) is 0 Å². The molecule has 1 saturated carbocycles. The highest BCUT2D eigenvalue weighted by atomic mass is 32.2. The van der Waals surface area contributed by atoms with Gasteiger partial charge in [-0.2, -0.15) is 0 Å². The number of aromatic nitrogens is 4. The standard InChI is InChI=1S/C10H11N5OS/c11-8-5-7(3-4-12-8)17-10-14-13-9(16)15(10)6-1-2-6/h3-6H,1-2H2,(H2,11,12)(H,13,16). The summed E-state index contributed by atoms with van der Waals surface area (Å²) in [7, 11) is 0. The molecule has 3 rings (SSSR count). The molecule has 6 nitrogen and oxygen atoms in total. The third kappa shape index (κ3) is 2.05. The number of anilines is 1. The predicted octanol–water partition coefficient (Wildman–Crippen LogP) is 1.03. The summed E-state index contributed by atoms with van der Waals surface area (Å²) >= 11 is 1.42. The first kappa shape index (κ1) is 10.4. The third-order valence-electron chi connectivity index (χ3n) is 2.55. The molecule has 0 bridgehead atoms. The Balaban J connectivity index is 1.92. The van der Waals surface area contributed by atoms with Crippen molar-refractivity contribution in [2.24, 2.45) is 0 Å². The van der Waals surface area contributed by atoms with Gasteiger partial charge < -0.3 is 5.73 Å². The Kier molecular flexibility index (Phi) is 2.40. The molecule has 1 fully saturated rings. The first-order valence-corrected chi connectivity index (χ1v) is 6.12. The van der Waals surface area contributed by atoms with Crippen LogP contribution in [0.15, 0.2) is 33.2 Å². The van der Waals surface area contributed by atoms with Crippen molar-refractivity contribution in [1.29, 1.82) is 0 Å². The van der Waals surface area contributed by atoms with Crippen molar-refractivity contribution < 1.29 is 0 Å². The summed E-state index contributed by atoms with van der Waals surface area (Å²) in [5.41, 5.74) is 5.46. The predicted molar refractivity (Wildman–Crippen MR) is 63.9 cm³/mol. The van der Waals surface area contributed by atoms with Gasteiger partial charge in [-0.15, -0.1) is 5.10 Å². The Labute approximate surface area is 101 Å². The Morgan fingerprint density at radius 2 is 2.35 bits per heavy atom. The molecule has 0 amide bonds. The Hall–Kier alpha value is -1.76. The third-order valence-corrected chi connectivity index (χ3v) is 3.51. The molecule has 7 heteroatoms. The summed E-state index contributed by atoms with van der Waals surface area (Å²) in [5.74, 6) is 0.464. The number of nitrogens with two attached hydrogens (primary N) is 1. The van der Waals surface area contributed by atoms with Crippen LogP contribution in [0.2, 0.25) is 0 Å². The lowest BCUT2D eigenvalue weighted by molar-refractivity contribution is 0.642. The van der Waals surface area contributed by atoms with E-state index >= 15 is 0 Å². The van der Waals surface area contributed by atoms with E-state index in [1.165, 1.54) is 11.8 Å². The van der Waals surface area contributed by atoms with Crippen LogP contribution in [-0.2, 0) is 0 Å². The molecular formula is C10H11N5OS. The fraction of sp³-hybridized carbons (Fsp3) is 0.300. The number of aromatic amines is 1. The molecular weight excluding hydrogens is 238 g/mol. The van der Waals surface area contributed by atoms with Gasteiger partial charge in [0, 0.05) is 17.1 Å². The molecule has 0 unspecified atom stereocenters. The second-order valence-corrected chi connectivity index (χ2v) is 4.97. The van der Waals surface area contributed by atoms with Gasteiger partial charge in [0.05, 0.1) is 0 Å². The van der Waals surface area contributed by atoms with Gasteiger partial charge in [0.2, 0.25) is 0 Å². The molecule has 2 heterocycles. The molecule has 0 atom stereocenters. The fourth-order valence-corrected chi connectivity index (χ4v) is 2.55. The number of pyridine rings is 1. The topological polar surface area (TPSA) is 89.6 Å². The number of nitrogens with one attached hydrogen (secondary N) is 1. The normalized spacial score (nSPS) is 15.1. The minimum atomic E-state index is -0.142. The van der Waals surface area contributed by atoms with Crippen LogP contribution < -0.4 is 11.4 Å². The molecule has 1 aliphatic carbocycles. The van der Waals surface area contributed by atoms with E-state index in [4.69, 9.17) is 5.73 Å². The molecule has 0 aromatic carbocycles. The minimum Gasteiger partial charge on any atom is -0.384 e. The van der Waals surface area contributed by atoms with E-state index in [1.807, 2.05) is 6.07 Å². The smallest absolute Gasteiger partial charge is 0.344 e. The number of H-pyrrole nitrogens is 1. The average Bonchev–Trinajstić information content (AvgIpc) is 3.05. The van der Waals surface area contributed by atoms with Crippen LogP contribution in [-0.4, -0.2) is 19.7 Å². The van der Waals surface area contributed by atoms with E-state index in [1.54, 1.807) is 16.8 Å². The molecule has 88 valence electrons. The summed E-state index contributed by atoms with van der Waals surface area (Å²) in [6, 6.07) is 3.92. The summed E-state index contributed by atoms with van der Waals surface area (Å²) in [6.07, 6.45) is 3.74. The summed E-state index contributed by atoms with van der Waals surface area (Å²) in [4.78, 5) is 16.4. The van der Waals surface area contributed by atoms with Crippen molar-refractivity contribution in [2.75, 3.05) is 5.73 Å². The zero-order chi connectivity index (χ0) is 11.8. The van der Waals surface area contributed by atoms with Crippen molar-refractivity contribution >= 4 is 17.6 Å². The van der Waals surface area contributed by atoms with Crippen molar-refractivity contribution in [2.45, 2.75) is 28.9 Å². The molecule has 2 aromatic heterocycles. The zero-order valence-electron chi connectivity index (χ0n) is 8.96. The first-order valence-electron chi connectivity index (χ1n) is 5.30. The lowest BCUT2D eigenvalue weighted by Crippen LogP contribution is -2.15. The number of nitrogen functional groups attached to an aromatic ring is 1. The Morgan fingerprint density at radius 1 is 1.53 bits per heavy atom. The molecule has 3 N–H and O–H groups in total. The van der Waals surface area contributed by atoms with Crippen molar-refractivity contribution in [3.63, 3.8) is 0 Å². The first-order chi connectivity index (χ1) is 8.24. The van der Waals surface area contributed by atoms with Gasteiger partial charge in [0.1, 0.15) is 5.82 Å². The zero-order valence-corrected chi connectivity index (χ0v) is 9.78. The molecule has 0 saturated heterocycles. The highest BCUT2D eigenvalue weighted by molar-refractivity contribution is 7.99. The lowest BCUT2D eigenvalue weighted by atomic mass is 10.5. The van der Waals surface area contributed by atoms with Crippen LogP contribution in [0.1, 0.15) is 18.9 Å². The van der Waals surface area contributed by atoms with Gasteiger partial charge in [-0.3, -0.25) is 4.57 Å². The molecule has 0 radical (unpaired) electrons. The summed E-state index contributed by atoms with van der Waals surface area (Å²) < 4.78 is 1.71. The molecule has 2 aromatic rings. The van der Waals surface area contributed by atoms with E-state index in [2.05, 4.69) is 15.2 Å². The van der Waals surface area contributed by atoms with E-state index in [9.17, 15) is 4.79 Å². The van der Waals surface area contributed by atoms with Gasteiger partial charge in [-0.25, -0.2) is 14.9 Å². The number of nitrogens with zero attached hydrogens (tertiary/aromatic N) is 3. The molecule has 0 aliphatic heterocycles. The van der Waals surface area contributed by atoms with Gasteiger partial charge >= 0.3 is 5.69 Å². The number of hydrogen-bond donors (Lipinski definition) is 2. The maximum Gasteiger partial charge on any atom is 0.344 e. The fourth-order valence-electron chi connectivity index (χ4n) is 1.61. The second kappa shape index (κ2) is 3.92. The number of hydrogen-bond acceptors (Lipinski definition) is 5. The Bertz CT molecular complexity index is 601.